The van der Waals surface area contributed by atoms with E-state index in [0.717, 1.165) is 5.56 Å². The first kappa shape index (κ1) is 14.8. The number of nitrogens with two attached hydrogens (primary N) is 1. The molecule has 21 heavy (non-hydrogen) atoms. The van der Waals surface area contributed by atoms with Gasteiger partial charge in [0.2, 0.25) is 0 Å². The standard InChI is InChI=1S/C15H15N3O2S/c1-20-13-5-3-2-4-12(13)18-15(19)17-11-8-6-10(7-9-11)14(16)21/h2-9H,1H3,(H2,16,21)(H2,17,18,19). The van der Waals surface area contributed by atoms with Gasteiger partial charge in [-0.15, -0.1) is 0 Å². The van der Waals surface area contributed by atoms with E-state index in [1.807, 2.05) is 12.1 Å². The number of hydrogen-bond acceptors (Lipinski definition) is 3. The van der Waals surface area contributed by atoms with E-state index in [9.17, 15) is 4.79 Å². The summed E-state index contributed by atoms with van der Waals surface area (Å²) in [5.74, 6) is 0.594. The van der Waals surface area contributed by atoms with Gasteiger partial charge in [-0.1, -0.05) is 24.4 Å². The van der Waals surface area contributed by atoms with Crippen molar-refractivity contribution in [2.75, 3.05) is 17.7 Å². The zero-order chi connectivity index (χ0) is 15.2. The minimum Gasteiger partial charge on any atom is -0.495 e. The molecule has 0 atom stereocenters. The Bertz CT molecular complexity index is 656. The smallest absolute Gasteiger partial charge is 0.323 e. The first-order valence-corrected chi connectivity index (χ1v) is 6.62. The minimum atomic E-state index is -0.359. The van der Waals surface area contributed by atoms with E-state index in [2.05, 4.69) is 10.6 Å². The van der Waals surface area contributed by atoms with E-state index in [-0.39, 0.29) is 6.03 Å². The highest BCUT2D eigenvalue weighted by Gasteiger charge is 2.07. The number of urea groups is 1. The quantitative estimate of drug-likeness (QED) is 0.759. The highest BCUT2D eigenvalue weighted by Crippen LogP contribution is 2.23. The van der Waals surface area contributed by atoms with Gasteiger partial charge in [0.05, 0.1) is 12.8 Å². The largest absolute Gasteiger partial charge is 0.495 e. The third kappa shape index (κ3) is 3.93. The van der Waals surface area contributed by atoms with Crippen molar-refractivity contribution in [3.8, 4) is 5.75 Å². The summed E-state index contributed by atoms with van der Waals surface area (Å²) in [5.41, 5.74) is 7.50. The average Bonchev–Trinajstić information content (AvgIpc) is 2.48. The maximum Gasteiger partial charge on any atom is 0.323 e. The van der Waals surface area contributed by atoms with Gasteiger partial charge in [0, 0.05) is 11.3 Å². The predicted molar refractivity (Wildman–Crippen MR) is 88.0 cm³/mol. The Morgan fingerprint density at radius 3 is 2.38 bits per heavy atom. The van der Waals surface area contributed by atoms with Crippen LogP contribution in [0.4, 0.5) is 16.2 Å². The summed E-state index contributed by atoms with van der Waals surface area (Å²) in [7, 11) is 1.55. The Morgan fingerprint density at radius 1 is 1.10 bits per heavy atom. The normalized spacial score (nSPS) is 9.76. The van der Waals surface area contributed by atoms with E-state index in [0.29, 0.717) is 22.1 Å². The van der Waals surface area contributed by atoms with Crippen LogP contribution in [0.15, 0.2) is 48.5 Å². The van der Waals surface area contributed by atoms with Gasteiger partial charge in [-0.05, 0) is 36.4 Å². The summed E-state index contributed by atoms with van der Waals surface area (Å²) in [6, 6.07) is 13.8. The van der Waals surface area contributed by atoms with Gasteiger partial charge >= 0.3 is 6.03 Å². The third-order valence-electron chi connectivity index (χ3n) is 2.78. The van der Waals surface area contributed by atoms with Crippen molar-refractivity contribution in [1.82, 2.24) is 0 Å². The molecule has 2 aromatic carbocycles. The van der Waals surface area contributed by atoms with Gasteiger partial charge in [-0.3, -0.25) is 0 Å². The third-order valence-corrected chi connectivity index (χ3v) is 3.02. The number of nitrogens with one attached hydrogen (secondary N) is 2. The van der Waals surface area contributed by atoms with Crippen LogP contribution in [0.2, 0.25) is 0 Å². The van der Waals surface area contributed by atoms with Crippen LogP contribution >= 0.6 is 12.2 Å². The molecule has 0 aromatic heterocycles. The maximum absolute atomic E-state index is 11.9. The number of methoxy groups -OCH3 is 1. The lowest BCUT2D eigenvalue weighted by molar-refractivity contribution is 0.262. The number of carbonyl (C=O) groups is 1. The van der Waals surface area contributed by atoms with Gasteiger partial charge in [0.15, 0.2) is 0 Å². The van der Waals surface area contributed by atoms with Crippen molar-refractivity contribution in [2.24, 2.45) is 5.73 Å². The van der Waals surface area contributed by atoms with Crippen LogP contribution in [0.25, 0.3) is 0 Å². The number of ether oxygens (including phenoxy) is 1. The fourth-order valence-corrected chi connectivity index (χ4v) is 1.89. The Balaban J connectivity index is 2.03. The molecule has 108 valence electrons. The number of rotatable bonds is 4. The molecule has 6 heteroatoms. The first-order valence-electron chi connectivity index (χ1n) is 6.21. The molecule has 0 bridgehead atoms. The summed E-state index contributed by atoms with van der Waals surface area (Å²) in [6.07, 6.45) is 0. The lowest BCUT2D eigenvalue weighted by Crippen LogP contribution is -2.20. The number of anilines is 2. The summed E-state index contributed by atoms with van der Waals surface area (Å²) >= 11 is 4.87. The van der Waals surface area contributed by atoms with Crippen molar-refractivity contribution in [2.45, 2.75) is 0 Å². The van der Waals surface area contributed by atoms with Crippen molar-refractivity contribution in [3.05, 3.63) is 54.1 Å². The summed E-state index contributed by atoms with van der Waals surface area (Å²) in [6.45, 7) is 0. The SMILES string of the molecule is COc1ccccc1NC(=O)Nc1ccc(C(N)=S)cc1. The predicted octanol–water partition coefficient (Wildman–Crippen LogP) is 2.97. The molecule has 0 heterocycles. The van der Waals surface area contributed by atoms with Gasteiger partial charge in [0.1, 0.15) is 10.7 Å². The molecule has 2 amide bonds. The van der Waals surface area contributed by atoms with Crippen molar-refractivity contribution in [1.29, 1.82) is 0 Å². The van der Waals surface area contributed by atoms with Crippen molar-refractivity contribution < 1.29 is 9.53 Å². The second-order valence-corrected chi connectivity index (χ2v) is 4.66. The topological polar surface area (TPSA) is 76.4 Å². The summed E-state index contributed by atoms with van der Waals surface area (Å²) < 4.78 is 5.17. The highest BCUT2D eigenvalue weighted by molar-refractivity contribution is 7.80. The molecule has 0 fully saturated rings. The van der Waals surface area contributed by atoms with Crippen LogP contribution in [0, 0.1) is 0 Å². The molecule has 0 spiro atoms. The molecule has 0 unspecified atom stereocenters. The average molecular weight is 301 g/mol. The second-order valence-electron chi connectivity index (χ2n) is 4.22. The van der Waals surface area contributed by atoms with Crippen LogP contribution in [0.5, 0.6) is 5.75 Å². The summed E-state index contributed by atoms with van der Waals surface area (Å²) in [5, 5.41) is 5.44. The lowest BCUT2D eigenvalue weighted by atomic mass is 10.2. The Morgan fingerprint density at radius 2 is 1.76 bits per heavy atom. The Kier molecular flexibility index (Phi) is 4.73. The lowest BCUT2D eigenvalue weighted by Gasteiger charge is -2.11. The molecule has 0 saturated heterocycles. The van der Waals surface area contributed by atoms with E-state index in [1.54, 1.807) is 43.5 Å². The molecule has 0 saturated carbocycles. The molecular formula is C15H15N3O2S. The number of carbonyl (C=O) groups excluding carboxylic acids is 1. The minimum absolute atomic E-state index is 0.319. The van der Waals surface area contributed by atoms with Crippen molar-refractivity contribution in [3.63, 3.8) is 0 Å². The van der Waals surface area contributed by atoms with Crippen molar-refractivity contribution >= 4 is 34.6 Å². The van der Waals surface area contributed by atoms with Gasteiger partial charge in [-0.25, -0.2) is 4.79 Å². The molecule has 0 aliphatic heterocycles. The van der Waals surface area contributed by atoms with E-state index in [4.69, 9.17) is 22.7 Å². The summed E-state index contributed by atoms with van der Waals surface area (Å²) in [4.78, 5) is 12.3. The van der Waals surface area contributed by atoms with Gasteiger partial charge in [-0.2, -0.15) is 0 Å². The molecule has 0 radical (unpaired) electrons. The van der Waals surface area contributed by atoms with Crippen LogP contribution in [-0.4, -0.2) is 18.1 Å². The molecule has 2 aromatic rings. The zero-order valence-electron chi connectivity index (χ0n) is 11.4. The number of amides is 2. The molecule has 0 aliphatic rings. The number of benzene rings is 2. The molecule has 0 aliphatic carbocycles. The Labute approximate surface area is 128 Å². The Hall–Kier alpha value is -2.60. The fourth-order valence-electron chi connectivity index (χ4n) is 1.75. The molecule has 2 rings (SSSR count). The van der Waals surface area contributed by atoms with Gasteiger partial charge < -0.3 is 21.1 Å². The number of thiocarbonyl (C=S) groups is 1. The highest BCUT2D eigenvalue weighted by atomic mass is 32.1. The van der Waals surface area contributed by atoms with Crippen LogP contribution in [0.3, 0.4) is 0 Å². The van der Waals surface area contributed by atoms with Crippen LogP contribution in [0.1, 0.15) is 5.56 Å². The van der Waals surface area contributed by atoms with Gasteiger partial charge in [0.25, 0.3) is 0 Å². The molecule has 4 N–H and O–H groups in total. The van der Waals surface area contributed by atoms with E-state index in [1.165, 1.54) is 0 Å². The van der Waals surface area contributed by atoms with Crippen LogP contribution < -0.4 is 21.1 Å². The molecular weight excluding hydrogens is 286 g/mol. The fraction of sp³-hybridized carbons (Fsp3) is 0.0667. The monoisotopic (exact) mass is 301 g/mol. The first-order chi connectivity index (χ1) is 10.1. The van der Waals surface area contributed by atoms with E-state index < -0.39 is 0 Å². The number of para-hydroxylation sites is 2. The molecule has 5 nitrogen and oxygen atoms in total. The van der Waals surface area contributed by atoms with E-state index >= 15 is 0 Å². The number of hydrogen-bond donors (Lipinski definition) is 3. The second kappa shape index (κ2) is 6.71. The van der Waals surface area contributed by atoms with Crippen LogP contribution in [-0.2, 0) is 0 Å². The maximum atomic E-state index is 11.9. The zero-order valence-corrected chi connectivity index (χ0v) is 12.2.